The average Bonchev–Trinajstić information content (AvgIpc) is 2.45. The number of aryl methyl sites for hydroxylation is 1. The number of halogens is 1. The Kier molecular flexibility index (Phi) is 5.27. The van der Waals surface area contributed by atoms with E-state index in [-0.39, 0.29) is 11.0 Å². The lowest BCUT2D eigenvalue weighted by molar-refractivity contribution is 0.0994. The molecular formula is C17H17ClOS. The van der Waals surface area contributed by atoms with Gasteiger partial charge in [-0.15, -0.1) is 11.8 Å². The molecule has 0 N–H and O–H groups in total. The standard InChI is InChI=1S/C17H17ClOS/c1-12-6-3-4-7-15(12)11-20-13(2)17(19)14-8-5-9-16(18)10-14/h3-10,13H,11H2,1-2H3. The molecule has 0 aliphatic rings. The van der Waals surface area contributed by atoms with Crippen molar-refractivity contribution in [3.63, 3.8) is 0 Å². The van der Waals surface area contributed by atoms with Gasteiger partial charge in [0, 0.05) is 16.3 Å². The summed E-state index contributed by atoms with van der Waals surface area (Å²) >= 11 is 7.59. The zero-order valence-electron chi connectivity index (χ0n) is 11.6. The normalized spacial score (nSPS) is 12.2. The van der Waals surface area contributed by atoms with Gasteiger partial charge in [-0.2, -0.15) is 0 Å². The highest BCUT2D eigenvalue weighted by Gasteiger charge is 2.16. The fourth-order valence-corrected chi connectivity index (χ4v) is 3.17. The van der Waals surface area contributed by atoms with Gasteiger partial charge in [0.15, 0.2) is 5.78 Å². The van der Waals surface area contributed by atoms with Crippen LogP contribution in [0.5, 0.6) is 0 Å². The van der Waals surface area contributed by atoms with Crippen LogP contribution in [-0.2, 0) is 5.75 Å². The van der Waals surface area contributed by atoms with Crippen LogP contribution in [0.4, 0.5) is 0 Å². The van der Waals surface area contributed by atoms with Crippen molar-refractivity contribution in [3.05, 3.63) is 70.2 Å². The lowest BCUT2D eigenvalue weighted by Gasteiger charge is -2.12. The molecule has 0 amide bonds. The van der Waals surface area contributed by atoms with E-state index in [1.807, 2.05) is 31.2 Å². The smallest absolute Gasteiger partial charge is 0.175 e. The van der Waals surface area contributed by atoms with Crippen LogP contribution >= 0.6 is 23.4 Å². The predicted molar refractivity (Wildman–Crippen MR) is 87.7 cm³/mol. The van der Waals surface area contributed by atoms with Crippen LogP contribution in [0.2, 0.25) is 5.02 Å². The minimum absolute atomic E-state index is 0.0759. The summed E-state index contributed by atoms with van der Waals surface area (Å²) in [5.41, 5.74) is 3.23. The second-order valence-electron chi connectivity index (χ2n) is 4.75. The molecule has 0 bridgehead atoms. The van der Waals surface area contributed by atoms with Gasteiger partial charge in [0.2, 0.25) is 0 Å². The van der Waals surface area contributed by atoms with Crippen molar-refractivity contribution in [1.82, 2.24) is 0 Å². The molecule has 1 atom stereocenters. The third-order valence-electron chi connectivity index (χ3n) is 3.23. The van der Waals surface area contributed by atoms with Gasteiger partial charge in [-0.05, 0) is 37.1 Å². The number of hydrogen-bond acceptors (Lipinski definition) is 2. The molecule has 3 heteroatoms. The molecule has 2 rings (SSSR count). The molecule has 0 aliphatic heterocycles. The minimum atomic E-state index is -0.0759. The van der Waals surface area contributed by atoms with Crippen LogP contribution < -0.4 is 0 Å². The molecule has 0 saturated heterocycles. The lowest BCUT2D eigenvalue weighted by Crippen LogP contribution is -2.13. The van der Waals surface area contributed by atoms with E-state index < -0.39 is 0 Å². The Morgan fingerprint density at radius 1 is 1.20 bits per heavy atom. The number of hydrogen-bond donors (Lipinski definition) is 0. The van der Waals surface area contributed by atoms with Crippen LogP contribution in [0, 0.1) is 6.92 Å². The zero-order chi connectivity index (χ0) is 14.5. The summed E-state index contributed by atoms with van der Waals surface area (Å²) in [5.74, 6) is 0.978. The number of benzene rings is 2. The van der Waals surface area contributed by atoms with Gasteiger partial charge in [0.25, 0.3) is 0 Å². The first-order valence-electron chi connectivity index (χ1n) is 6.54. The molecule has 0 aromatic heterocycles. The Hall–Kier alpha value is -1.25. The van der Waals surface area contributed by atoms with Gasteiger partial charge >= 0.3 is 0 Å². The number of Topliss-reactive ketones (excluding diaryl/α,β-unsaturated/α-hetero) is 1. The maximum Gasteiger partial charge on any atom is 0.175 e. The molecule has 0 aliphatic carbocycles. The van der Waals surface area contributed by atoms with E-state index in [0.717, 1.165) is 5.75 Å². The number of carbonyl (C=O) groups is 1. The Balaban J connectivity index is 2.00. The van der Waals surface area contributed by atoms with Gasteiger partial charge < -0.3 is 0 Å². The molecule has 0 spiro atoms. The number of thioether (sulfide) groups is 1. The Morgan fingerprint density at radius 3 is 2.65 bits per heavy atom. The van der Waals surface area contributed by atoms with E-state index in [9.17, 15) is 4.79 Å². The highest BCUT2D eigenvalue weighted by molar-refractivity contribution is 7.99. The highest BCUT2D eigenvalue weighted by atomic mass is 35.5. The Labute approximate surface area is 129 Å². The number of carbonyl (C=O) groups excluding carboxylic acids is 1. The summed E-state index contributed by atoms with van der Waals surface area (Å²) in [6.45, 7) is 4.05. The summed E-state index contributed by atoms with van der Waals surface area (Å²) in [7, 11) is 0. The van der Waals surface area contributed by atoms with E-state index in [1.54, 1.807) is 23.9 Å². The molecular weight excluding hydrogens is 288 g/mol. The first-order chi connectivity index (χ1) is 9.58. The van der Waals surface area contributed by atoms with Gasteiger partial charge in [-0.25, -0.2) is 0 Å². The maximum absolute atomic E-state index is 12.3. The van der Waals surface area contributed by atoms with Gasteiger partial charge in [0.1, 0.15) is 0 Å². The van der Waals surface area contributed by atoms with Crippen molar-refractivity contribution in [1.29, 1.82) is 0 Å². The topological polar surface area (TPSA) is 17.1 Å². The van der Waals surface area contributed by atoms with E-state index in [2.05, 4.69) is 19.1 Å². The average molecular weight is 305 g/mol. The van der Waals surface area contributed by atoms with E-state index in [1.165, 1.54) is 11.1 Å². The zero-order valence-corrected chi connectivity index (χ0v) is 13.2. The van der Waals surface area contributed by atoms with Crippen LogP contribution in [0.15, 0.2) is 48.5 Å². The molecule has 0 fully saturated rings. The SMILES string of the molecule is Cc1ccccc1CSC(C)C(=O)c1cccc(Cl)c1. The van der Waals surface area contributed by atoms with Crippen molar-refractivity contribution >= 4 is 29.1 Å². The molecule has 20 heavy (non-hydrogen) atoms. The van der Waals surface area contributed by atoms with Gasteiger partial charge in [0.05, 0.1) is 5.25 Å². The lowest BCUT2D eigenvalue weighted by atomic mass is 10.1. The Morgan fingerprint density at radius 2 is 1.95 bits per heavy atom. The molecule has 2 aromatic carbocycles. The van der Waals surface area contributed by atoms with E-state index in [0.29, 0.717) is 10.6 Å². The van der Waals surface area contributed by atoms with E-state index >= 15 is 0 Å². The number of rotatable bonds is 5. The first kappa shape index (κ1) is 15.1. The minimum Gasteiger partial charge on any atom is -0.293 e. The molecule has 0 heterocycles. The summed E-state index contributed by atoms with van der Waals surface area (Å²) in [6.07, 6.45) is 0. The largest absolute Gasteiger partial charge is 0.293 e. The van der Waals surface area contributed by atoms with E-state index in [4.69, 9.17) is 11.6 Å². The maximum atomic E-state index is 12.3. The summed E-state index contributed by atoms with van der Waals surface area (Å²) < 4.78 is 0. The Bertz CT molecular complexity index is 609. The van der Waals surface area contributed by atoms with Crippen molar-refractivity contribution in [2.24, 2.45) is 0 Å². The van der Waals surface area contributed by atoms with Crippen molar-refractivity contribution in [3.8, 4) is 0 Å². The van der Waals surface area contributed by atoms with Crippen molar-refractivity contribution in [2.75, 3.05) is 0 Å². The van der Waals surface area contributed by atoms with Crippen LogP contribution in [0.3, 0.4) is 0 Å². The molecule has 1 nitrogen and oxygen atoms in total. The molecule has 1 unspecified atom stereocenters. The molecule has 104 valence electrons. The van der Waals surface area contributed by atoms with Crippen LogP contribution in [-0.4, -0.2) is 11.0 Å². The highest BCUT2D eigenvalue weighted by Crippen LogP contribution is 2.23. The molecule has 0 saturated carbocycles. The molecule has 0 radical (unpaired) electrons. The monoisotopic (exact) mass is 304 g/mol. The summed E-state index contributed by atoms with van der Waals surface area (Å²) in [6, 6.07) is 15.4. The van der Waals surface area contributed by atoms with Gasteiger partial charge in [-0.3, -0.25) is 4.79 Å². The van der Waals surface area contributed by atoms with Gasteiger partial charge in [-0.1, -0.05) is 48.0 Å². The van der Waals surface area contributed by atoms with Crippen molar-refractivity contribution in [2.45, 2.75) is 24.9 Å². The number of ketones is 1. The predicted octanol–water partition coefficient (Wildman–Crippen LogP) is 5.15. The fraction of sp³-hybridized carbons (Fsp3) is 0.235. The quantitative estimate of drug-likeness (QED) is 0.710. The van der Waals surface area contributed by atoms with Crippen LogP contribution in [0.1, 0.15) is 28.4 Å². The second-order valence-corrected chi connectivity index (χ2v) is 6.52. The molecule has 2 aromatic rings. The summed E-state index contributed by atoms with van der Waals surface area (Å²) in [5, 5.41) is 0.528. The van der Waals surface area contributed by atoms with Crippen molar-refractivity contribution < 1.29 is 4.79 Å². The third-order valence-corrected chi connectivity index (χ3v) is 4.66. The first-order valence-corrected chi connectivity index (χ1v) is 7.96. The van der Waals surface area contributed by atoms with Crippen LogP contribution in [0.25, 0.3) is 0 Å². The third kappa shape index (κ3) is 3.87. The second kappa shape index (κ2) is 6.96. The fourth-order valence-electron chi connectivity index (χ4n) is 1.94. The summed E-state index contributed by atoms with van der Waals surface area (Å²) in [4.78, 5) is 12.3.